The molecule has 2 rings (SSSR count). The Balaban J connectivity index is 2.08. The molecule has 1 aromatic carbocycles. The van der Waals surface area contributed by atoms with Crippen LogP contribution in [0.15, 0.2) is 22.7 Å². The predicted octanol–water partition coefficient (Wildman–Crippen LogP) is 5.11. The van der Waals surface area contributed by atoms with Crippen LogP contribution < -0.4 is 4.74 Å². The smallest absolute Gasteiger partial charge is 0.123 e. The molecule has 1 aliphatic carbocycles. The van der Waals surface area contributed by atoms with Gasteiger partial charge in [0.2, 0.25) is 0 Å². The Hall–Kier alpha value is -0.500. The first-order valence-corrected chi connectivity index (χ1v) is 7.19. The summed E-state index contributed by atoms with van der Waals surface area (Å²) in [5, 5.41) is 0. The Labute approximate surface area is 113 Å². The zero-order valence-corrected chi connectivity index (χ0v) is 12.5. The molecule has 1 nitrogen and oxygen atoms in total. The van der Waals surface area contributed by atoms with Crippen molar-refractivity contribution in [3.63, 3.8) is 0 Å². The van der Waals surface area contributed by atoms with E-state index in [1.165, 1.54) is 31.2 Å². The summed E-state index contributed by atoms with van der Waals surface area (Å²) in [7, 11) is 0. The first-order chi connectivity index (χ1) is 7.98. The van der Waals surface area contributed by atoms with Gasteiger partial charge in [0.05, 0.1) is 6.10 Å². The van der Waals surface area contributed by atoms with Crippen molar-refractivity contribution in [2.75, 3.05) is 0 Å². The van der Waals surface area contributed by atoms with E-state index in [4.69, 9.17) is 4.74 Å². The lowest BCUT2D eigenvalue weighted by Crippen LogP contribution is -2.30. The molecule has 2 heteroatoms. The van der Waals surface area contributed by atoms with Gasteiger partial charge in [-0.25, -0.2) is 0 Å². The van der Waals surface area contributed by atoms with Crippen LogP contribution in [-0.2, 0) is 0 Å². The Kier molecular flexibility index (Phi) is 3.82. The van der Waals surface area contributed by atoms with E-state index in [-0.39, 0.29) is 0 Å². The Morgan fingerprint density at radius 1 is 1.35 bits per heavy atom. The molecule has 17 heavy (non-hydrogen) atoms. The van der Waals surface area contributed by atoms with E-state index in [1.54, 1.807) is 0 Å². The van der Waals surface area contributed by atoms with Crippen LogP contribution in [0.5, 0.6) is 5.75 Å². The molecule has 1 aromatic rings. The van der Waals surface area contributed by atoms with Gasteiger partial charge in [-0.05, 0) is 50.2 Å². The van der Waals surface area contributed by atoms with E-state index >= 15 is 0 Å². The molecule has 1 unspecified atom stereocenters. The molecule has 0 aliphatic heterocycles. The molecule has 0 radical (unpaired) electrons. The van der Waals surface area contributed by atoms with Gasteiger partial charge in [0.15, 0.2) is 0 Å². The molecule has 0 spiro atoms. The minimum absolute atomic E-state index is 0.381. The van der Waals surface area contributed by atoms with Gasteiger partial charge in [0.1, 0.15) is 5.75 Å². The first kappa shape index (κ1) is 12.9. The maximum absolute atomic E-state index is 6.17. The monoisotopic (exact) mass is 296 g/mol. The molecule has 1 fully saturated rings. The molecule has 0 N–H and O–H groups in total. The van der Waals surface area contributed by atoms with Crippen molar-refractivity contribution in [3.8, 4) is 5.75 Å². The summed E-state index contributed by atoms with van der Waals surface area (Å²) in [6.45, 7) is 6.79. The van der Waals surface area contributed by atoms with E-state index < -0.39 is 0 Å². The summed E-state index contributed by atoms with van der Waals surface area (Å²) < 4.78 is 7.30. The SMILES string of the molecule is Cc1c(Br)cccc1OC1CCCC(C)(C)C1. The number of ether oxygens (including phenoxy) is 1. The lowest BCUT2D eigenvalue weighted by atomic mass is 9.76. The highest BCUT2D eigenvalue weighted by atomic mass is 79.9. The average molecular weight is 297 g/mol. The second-order valence-corrected chi connectivity index (χ2v) is 6.72. The van der Waals surface area contributed by atoms with Gasteiger partial charge in [0.25, 0.3) is 0 Å². The van der Waals surface area contributed by atoms with Gasteiger partial charge in [-0.2, -0.15) is 0 Å². The molecule has 1 saturated carbocycles. The molecular formula is C15H21BrO. The maximum atomic E-state index is 6.17. The number of halogens is 1. The molecule has 1 aliphatic rings. The molecule has 1 atom stereocenters. The summed E-state index contributed by atoms with van der Waals surface area (Å²) in [6.07, 6.45) is 5.34. The fourth-order valence-electron chi connectivity index (χ4n) is 2.62. The minimum Gasteiger partial charge on any atom is -0.490 e. The Morgan fingerprint density at radius 2 is 2.12 bits per heavy atom. The molecule has 0 heterocycles. The quantitative estimate of drug-likeness (QED) is 0.737. The van der Waals surface area contributed by atoms with Crippen LogP contribution in [0.4, 0.5) is 0 Å². The second kappa shape index (κ2) is 5.01. The van der Waals surface area contributed by atoms with E-state index in [9.17, 15) is 0 Å². The summed E-state index contributed by atoms with van der Waals surface area (Å²) in [6, 6.07) is 6.18. The fraction of sp³-hybridized carbons (Fsp3) is 0.600. The van der Waals surface area contributed by atoms with Gasteiger partial charge < -0.3 is 4.74 Å². The summed E-state index contributed by atoms with van der Waals surface area (Å²) in [4.78, 5) is 0. The second-order valence-electron chi connectivity index (χ2n) is 5.86. The summed E-state index contributed by atoms with van der Waals surface area (Å²) in [5.41, 5.74) is 1.64. The van der Waals surface area contributed by atoms with Crippen LogP contribution in [0, 0.1) is 12.3 Å². The molecule has 0 bridgehead atoms. The molecule has 94 valence electrons. The van der Waals surface area contributed by atoms with Gasteiger partial charge in [-0.3, -0.25) is 0 Å². The molecule has 0 saturated heterocycles. The van der Waals surface area contributed by atoms with Crippen LogP contribution in [0.25, 0.3) is 0 Å². The third-order valence-corrected chi connectivity index (χ3v) is 4.53. The highest BCUT2D eigenvalue weighted by Crippen LogP contribution is 2.37. The van der Waals surface area contributed by atoms with Crippen molar-refractivity contribution in [2.45, 2.75) is 52.6 Å². The van der Waals surface area contributed by atoms with Crippen molar-refractivity contribution in [3.05, 3.63) is 28.2 Å². The number of hydrogen-bond donors (Lipinski definition) is 0. The first-order valence-electron chi connectivity index (χ1n) is 6.40. The van der Waals surface area contributed by atoms with E-state index in [2.05, 4.69) is 48.8 Å². The van der Waals surface area contributed by atoms with Crippen LogP contribution in [0.2, 0.25) is 0 Å². The Morgan fingerprint density at radius 3 is 2.82 bits per heavy atom. The van der Waals surface area contributed by atoms with Crippen molar-refractivity contribution >= 4 is 15.9 Å². The van der Waals surface area contributed by atoms with Crippen molar-refractivity contribution in [2.24, 2.45) is 5.41 Å². The number of benzene rings is 1. The number of rotatable bonds is 2. The predicted molar refractivity (Wildman–Crippen MR) is 75.5 cm³/mol. The third kappa shape index (κ3) is 3.25. The highest BCUT2D eigenvalue weighted by molar-refractivity contribution is 9.10. The minimum atomic E-state index is 0.381. The summed E-state index contributed by atoms with van der Waals surface area (Å²) >= 11 is 3.55. The normalized spacial score (nSPS) is 23.4. The maximum Gasteiger partial charge on any atom is 0.123 e. The summed E-state index contributed by atoms with van der Waals surface area (Å²) in [5.74, 6) is 1.03. The largest absolute Gasteiger partial charge is 0.490 e. The average Bonchev–Trinajstić information content (AvgIpc) is 2.23. The van der Waals surface area contributed by atoms with Crippen LogP contribution >= 0.6 is 15.9 Å². The topological polar surface area (TPSA) is 9.23 Å². The fourth-order valence-corrected chi connectivity index (χ4v) is 2.97. The molecule has 0 amide bonds. The zero-order valence-electron chi connectivity index (χ0n) is 10.9. The number of hydrogen-bond acceptors (Lipinski definition) is 1. The van der Waals surface area contributed by atoms with E-state index in [0.29, 0.717) is 11.5 Å². The van der Waals surface area contributed by atoms with E-state index in [1.807, 2.05) is 6.07 Å². The molecule has 0 aromatic heterocycles. The van der Waals surface area contributed by atoms with Crippen LogP contribution in [-0.4, -0.2) is 6.10 Å². The van der Waals surface area contributed by atoms with Crippen LogP contribution in [0.1, 0.15) is 45.1 Å². The van der Waals surface area contributed by atoms with Gasteiger partial charge in [-0.15, -0.1) is 0 Å². The lowest BCUT2D eigenvalue weighted by Gasteiger charge is -2.35. The van der Waals surface area contributed by atoms with Crippen molar-refractivity contribution in [1.82, 2.24) is 0 Å². The van der Waals surface area contributed by atoms with Gasteiger partial charge in [0, 0.05) is 10.0 Å². The third-order valence-electron chi connectivity index (χ3n) is 3.67. The lowest BCUT2D eigenvalue weighted by molar-refractivity contribution is 0.0845. The zero-order chi connectivity index (χ0) is 12.5. The van der Waals surface area contributed by atoms with Gasteiger partial charge >= 0.3 is 0 Å². The van der Waals surface area contributed by atoms with Crippen LogP contribution in [0.3, 0.4) is 0 Å². The Bertz CT molecular complexity index is 398. The van der Waals surface area contributed by atoms with E-state index in [0.717, 1.165) is 10.2 Å². The molecular weight excluding hydrogens is 276 g/mol. The van der Waals surface area contributed by atoms with Crippen molar-refractivity contribution < 1.29 is 4.74 Å². The van der Waals surface area contributed by atoms with Gasteiger partial charge in [-0.1, -0.05) is 35.8 Å². The highest BCUT2D eigenvalue weighted by Gasteiger charge is 2.29. The standard InChI is InChI=1S/C15H21BrO/c1-11-13(16)7-4-8-14(11)17-12-6-5-9-15(2,3)10-12/h4,7-8,12H,5-6,9-10H2,1-3H3. The van der Waals surface area contributed by atoms with Crippen molar-refractivity contribution in [1.29, 1.82) is 0 Å².